The van der Waals surface area contributed by atoms with Gasteiger partial charge in [-0.25, -0.2) is 0 Å². The Morgan fingerprint density at radius 2 is 0.892 bits per heavy atom. The lowest BCUT2D eigenvalue weighted by atomic mass is 9.68. The molecule has 0 amide bonds. The Balaban J connectivity index is 1.72. The maximum Gasteiger partial charge on any atom is 0.308 e. The van der Waals surface area contributed by atoms with Crippen LogP contribution in [0.4, 0.5) is 0 Å². The molecule has 4 aromatic rings. The molecule has 0 fully saturated rings. The highest BCUT2D eigenvalue weighted by atomic mass is 32.2. The molecule has 0 spiro atoms. The van der Waals surface area contributed by atoms with Crippen molar-refractivity contribution in [3.63, 3.8) is 0 Å². The molecule has 0 saturated carbocycles. The first-order chi connectivity index (χ1) is 17.7. The second-order valence-electron chi connectivity index (χ2n) is 8.75. The zero-order chi connectivity index (χ0) is 26.3. The first-order valence-electron chi connectivity index (χ1n) is 11.9. The lowest BCUT2D eigenvalue weighted by Crippen LogP contribution is -2.28. The Labute approximate surface area is 217 Å². The van der Waals surface area contributed by atoms with E-state index in [0.717, 1.165) is 33.4 Å². The third-order valence-electron chi connectivity index (χ3n) is 6.68. The van der Waals surface area contributed by atoms with Gasteiger partial charge < -0.3 is 8.37 Å². The largest absolute Gasteiger partial charge is 0.382 e. The van der Waals surface area contributed by atoms with Gasteiger partial charge in [-0.15, -0.1) is 0 Å². The summed E-state index contributed by atoms with van der Waals surface area (Å²) in [6, 6.07) is 30.5. The van der Waals surface area contributed by atoms with Crippen molar-refractivity contribution in [3.8, 4) is 22.6 Å². The molecule has 1 aliphatic rings. The molecule has 37 heavy (non-hydrogen) atoms. The van der Waals surface area contributed by atoms with Crippen LogP contribution in [-0.4, -0.2) is 28.3 Å². The van der Waals surface area contributed by atoms with Crippen molar-refractivity contribution >= 4 is 20.2 Å². The summed E-state index contributed by atoms with van der Waals surface area (Å²) >= 11 is 0. The standard InChI is InChI=1S/C29H26O6S2/c1-3-36(30,31)34-23-17-13-21(14-18-23)29(22-15-19-24(20-16-22)35-37(32,33)4-2)27-11-7-5-9-25(27)26-10-6-8-12-28(26)29/h5-20H,3-4H2,1-2H3. The third-order valence-corrected chi connectivity index (χ3v) is 8.99. The summed E-state index contributed by atoms with van der Waals surface area (Å²) in [7, 11) is -7.31. The van der Waals surface area contributed by atoms with Crippen LogP contribution in [0, 0.1) is 0 Å². The van der Waals surface area contributed by atoms with Gasteiger partial charge in [-0.3, -0.25) is 0 Å². The van der Waals surface area contributed by atoms with Crippen molar-refractivity contribution in [3.05, 3.63) is 119 Å². The van der Waals surface area contributed by atoms with E-state index in [1.54, 1.807) is 24.3 Å². The van der Waals surface area contributed by atoms with E-state index in [1.165, 1.54) is 13.8 Å². The van der Waals surface area contributed by atoms with E-state index in [-0.39, 0.29) is 23.0 Å². The molecule has 0 aromatic heterocycles. The highest BCUT2D eigenvalue weighted by molar-refractivity contribution is 7.87. The van der Waals surface area contributed by atoms with E-state index in [4.69, 9.17) is 8.37 Å². The van der Waals surface area contributed by atoms with Crippen molar-refractivity contribution in [1.82, 2.24) is 0 Å². The Morgan fingerprint density at radius 3 is 1.24 bits per heavy atom. The molecular formula is C29H26O6S2. The normalized spacial score (nSPS) is 14.0. The molecule has 0 heterocycles. The summed E-state index contributed by atoms with van der Waals surface area (Å²) in [6.07, 6.45) is 0. The molecule has 190 valence electrons. The van der Waals surface area contributed by atoms with Crippen LogP contribution in [0.2, 0.25) is 0 Å². The van der Waals surface area contributed by atoms with E-state index in [9.17, 15) is 16.8 Å². The van der Waals surface area contributed by atoms with Gasteiger partial charge in [-0.2, -0.15) is 16.8 Å². The fourth-order valence-electron chi connectivity index (χ4n) is 4.96. The van der Waals surface area contributed by atoms with Crippen molar-refractivity contribution in [1.29, 1.82) is 0 Å². The summed E-state index contributed by atoms with van der Waals surface area (Å²) in [6.45, 7) is 3.06. The minimum Gasteiger partial charge on any atom is -0.382 e. The maximum atomic E-state index is 12.0. The molecule has 5 rings (SSSR count). The van der Waals surface area contributed by atoms with Crippen LogP contribution in [0.15, 0.2) is 97.1 Å². The van der Waals surface area contributed by atoms with Crippen molar-refractivity contribution in [2.75, 3.05) is 11.5 Å². The first-order valence-corrected chi connectivity index (χ1v) is 15.1. The summed E-state index contributed by atoms with van der Waals surface area (Å²) in [5, 5.41) is 0. The van der Waals surface area contributed by atoms with Gasteiger partial charge in [0.25, 0.3) is 0 Å². The molecule has 0 radical (unpaired) electrons. The maximum absolute atomic E-state index is 12.0. The van der Waals surface area contributed by atoms with E-state index < -0.39 is 25.7 Å². The Bertz CT molecular complexity index is 1530. The zero-order valence-corrected chi connectivity index (χ0v) is 22.1. The van der Waals surface area contributed by atoms with E-state index in [0.29, 0.717) is 0 Å². The molecular weight excluding hydrogens is 508 g/mol. The van der Waals surface area contributed by atoms with Crippen LogP contribution in [0.5, 0.6) is 11.5 Å². The SMILES string of the molecule is CCS(=O)(=O)Oc1ccc(C2(c3ccc(OS(=O)(=O)CC)cc3)c3ccccc3-c3ccccc32)cc1. The van der Waals surface area contributed by atoms with Crippen molar-refractivity contribution in [2.45, 2.75) is 19.3 Å². The lowest BCUT2D eigenvalue weighted by Gasteiger charge is -2.34. The van der Waals surface area contributed by atoms with Crippen LogP contribution in [0.3, 0.4) is 0 Å². The van der Waals surface area contributed by atoms with Crippen LogP contribution in [0.1, 0.15) is 36.1 Å². The van der Waals surface area contributed by atoms with E-state index >= 15 is 0 Å². The Hall–Kier alpha value is -3.62. The number of rotatable bonds is 8. The van der Waals surface area contributed by atoms with Gasteiger partial charge in [0.15, 0.2) is 0 Å². The minimum atomic E-state index is -3.65. The molecule has 0 bridgehead atoms. The van der Waals surface area contributed by atoms with Crippen molar-refractivity contribution in [2.24, 2.45) is 0 Å². The predicted molar refractivity (Wildman–Crippen MR) is 144 cm³/mol. The van der Waals surface area contributed by atoms with Crippen LogP contribution in [-0.2, 0) is 25.7 Å². The average molecular weight is 535 g/mol. The van der Waals surface area contributed by atoms with Gasteiger partial charge >= 0.3 is 20.2 Å². The number of benzene rings is 4. The quantitative estimate of drug-likeness (QED) is 0.244. The van der Waals surface area contributed by atoms with Gasteiger partial charge in [0.1, 0.15) is 11.5 Å². The van der Waals surface area contributed by atoms with Crippen LogP contribution in [0.25, 0.3) is 11.1 Å². The van der Waals surface area contributed by atoms with Crippen molar-refractivity contribution < 1.29 is 25.2 Å². The minimum absolute atomic E-state index is 0.123. The second kappa shape index (κ2) is 9.36. The molecule has 0 unspecified atom stereocenters. The molecule has 0 atom stereocenters. The Morgan fingerprint density at radius 1 is 0.541 bits per heavy atom. The topological polar surface area (TPSA) is 86.7 Å². The number of hydrogen-bond donors (Lipinski definition) is 0. The lowest BCUT2D eigenvalue weighted by molar-refractivity contribution is 0.486. The molecule has 1 aliphatic carbocycles. The van der Waals surface area contributed by atoms with Crippen LogP contribution < -0.4 is 8.37 Å². The second-order valence-corrected chi connectivity index (χ2v) is 12.5. The van der Waals surface area contributed by atoms with Gasteiger partial charge in [0.2, 0.25) is 0 Å². The molecule has 0 saturated heterocycles. The summed E-state index contributed by atoms with van der Waals surface area (Å²) in [4.78, 5) is 0. The average Bonchev–Trinajstić information content (AvgIpc) is 3.21. The molecule has 6 nitrogen and oxygen atoms in total. The van der Waals surface area contributed by atoms with Gasteiger partial charge in [-0.05, 0) is 71.5 Å². The smallest absolute Gasteiger partial charge is 0.308 e. The highest BCUT2D eigenvalue weighted by Crippen LogP contribution is 2.56. The number of fused-ring (bicyclic) bond motifs is 3. The highest BCUT2D eigenvalue weighted by Gasteiger charge is 2.45. The van der Waals surface area contributed by atoms with Crippen LogP contribution >= 0.6 is 0 Å². The third kappa shape index (κ3) is 4.40. The predicted octanol–water partition coefficient (Wildman–Crippen LogP) is 5.51. The Kier molecular flexibility index (Phi) is 6.33. The first kappa shape index (κ1) is 25.0. The summed E-state index contributed by atoms with van der Waals surface area (Å²) in [5.41, 5.74) is 5.45. The molecule has 0 N–H and O–H groups in total. The molecule has 8 heteroatoms. The molecule has 4 aromatic carbocycles. The fourth-order valence-corrected chi connectivity index (χ4v) is 6.00. The molecule has 0 aliphatic heterocycles. The number of hydrogen-bond acceptors (Lipinski definition) is 6. The monoisotopic (exact) mass is 534 g/mol. The van der Waals surface area contributed by atoms with E-state index in [2.05, 4.69) is 24.3 Å². The van der Waals surface area contributed by atoms with Gasteiger partial charge in [0.05, 0.1) is 16.9 Å². The fraction of sp³-hybridized carbons (Fsp3) is 0.172. The van der Waals surface area contributed by atoms with E-state index in [1.807, 2.05) is 48.5 Å². The summed E-state index contributed by atoms with van der Waals surface area (Å²) in [5.74, 6) is 0.242. The zero-order valence-electron chi connectivity index (χ0n) is 20.4. The van der Waals surface area contributed by atoms with Gasteiger partial charge in [-0.1, -0.05) is 72.8 Å². The summed E-state index contributed by atoms with van der Waals surface area (Å²) < 4.78 is 58.4. The van der Waals surface area contributed by atoms with Gasteiger partial charge in [0, 0.05) is 0 Å².